The van der Waals surface area contributed by atoms with Crippen LogP contribution in [-0.2, 0) is 0 Å². The number of hydrogen-bond acceptors (Lipinski definition) is 2. The van der Waals surface area contributed by atoms with Gasteiger partial charge in [0.1, 0.15) is 0 Å². The largest absolute Gasteiger partial charge is 0.448 e. The molecule has 64 valence electrons. The van der Waals surface area contributed by atoms with Crippen LogP contribution in [0.25, 0.3) is 0 Å². The van der Waals surface area contributed by atoms with Gasteiger partial charge in [-0.1, -0.05) is 6.92 Å². The highest BCUT2D eigenvalue weighted by atomic mass is 19.4. The highest BCUT2D eigenvalue weighted by Gasteiger charge is 2.34. The first-order valence-corrected chi connectivity index (χ1v) is 2.88. The first kappa shape index (κ1) is 9.93. The number of hydrogen-bond donors (Lipinski definition) is 3. The number of alkyl halides is 3. The van der Waals surface area contributed by atoms with E-state index in [1.54, 1.807) is 5.32 Å². The Morgan fingerprint density at radius 1 is 1.36 bits per heavy atom. The zero-order valence-corrected chi connectivity index (χ0v) is 5.84. The molecule has 11 heavy (non-hydrogen) atoms. The molecule has 0 aliphatic heterocycles. The molecular formula is C5H8F3N3. The van der Waals surface area contributed by atoms with Crippen LogP contribution in [0.3, 0.4) is 0 Å². The Balaban J connectivity index is 3.99. The van der Waals surface area contributed by atoms with Gasteiger partial charge in [-0.3, -0.25) is 10.8 Å². The molecular weight excluding hydrogens is 159 g/mol. The minimum Gasteiger partial charge on any atom is -0.325 e. The molecule has 3 nitrogen and oxygen atoms in total. The Morgan fingerprint density at radius 2 is 1.82 bits per heavy atom. The van der Waals surface area contributed by atoms with Crippen LogP contribution in [0.1, 0.15) is 13.3 Å². The maximum absolute atomic E-state index is 11.6. The third kappa shape index (κ3) is 3.59. The molecule has 0 bridgehead atoms. The normalized spacial score (nSPS) is 10.9. The second kappa shape index (κ2) is 3.36. The number of nitrogens with one attached hydrogen (secondary N) is 3. The van der Waals surface area contributed by atoms with Crippen LogP contribution < -0.4 is 5.32 Å². The second-order valence-electron chi connectivity index (χ2n) is 1.83. The van der Waals surface area contributed by atoms with Gasteiger partial charge in [-0.05, 0) is 0 Å². The molecule has 3 N–H and O–H groups in total. The molecule has 0 radical (unpaired) electrons. The van der Waals surface area contributed by atoms with Gasteiger partial charge in [-0.15, -0.1) is 0 Å². The third-order valence-corrected chi connectivity index (χ3v) is 0.913. The fraction of sp³-hybridized carbons (Fsp3) is 0.600. The summed E-state index contributed by atoms with van der Waals surface area (Å²) in [5.41, 5.74) is 0. The average Bonchev–Trinajstić information content (AvgIpc) is 1.85. The molecule has 0 saturated heterocycles. The predicted octanol–water partition coefficient (Wildman–Crippen LogP) is 1.50. The maximum atomic E-state index is 11.6. The number of rotatable bonds is 1. The summed E-state index contributed by atoms with van der Waals surface area (Å²) in [5.74, 6) is -1.91. The van der Waals surface area contributed by atoms with Gasteiger partial charge < -0.3 is 5.32 Å². The van der Waals surface area contributed by atoms with Crippen molar-refractivity contribution in [1.82, 2.24) is 5.32 Å². The summed E-state index contributed by atoms with van der Waals surface area (Å²) in [6, 6.07) is 0. The summed E-state index contributed by atoms with van der Waals surface area (Å²) in [4.78, 5) is 0. The van der Waals surface area contributed by atoms with Crippen molar-refractivity contribution in [3.05, 3.63) is 0 Å². The number of amidine groups is 2. The van der Waals surface area contributed by atoms with Crippen molar-refractivity contribution < 1.29 is 13.2 Å². The fourth-order valence-electron chi connectivity index (χ4n) is 0.310. The zero-order valence-electron chi connectivity index (χ0n) is 5.84. The lowest BCUT2D eigenvalue weighted by Crippen LogP contribution is -2.39. The van der Waals surface area contributed by atoms with Crippen molar-refractivity contribution in [2.45, 2.75) is 19.5 Å². The monoisotopic (exact) mass is 167 g/mol. The Kier molecular flexibility index (Phi) is 3.03. The van der Waals surface area contributed by atoms with E-state index in [0.29, 0.717) is 0 Å². The smallest absolute Gasteiger partial charge is 0.325 e. The van der Waals surface area contributed by atoms with Crippen molar-refractivity contribution in [1.29, 1.82) is 10.8 Å². The molecule has 0 spiro atoms. The van der Waals surface area contributed by atoms with Gasteiger partial charge in [-0.25, -0.2) is 0 Å². The molecule has 0 rings (SSSR count). The lowest BCUT2D eigenvalue weighted by atomic mass is 10.4. The van der Waals surface area contributed by atoms with E-state index in [-0.39, 0.29) is 12.3 Å². The molecule has 0 fully saturated rings. The number of halogens is 3. The molecule has 0 atom stereocenters. The lowest BCUT2D eigenvalue weighted by Gasteiger charge is -2.09. The van der Waals surface area contributed by atoms with Crippen LogP contribution in [0.5, 0.6) is 0 Å². The van der Waals surface area contributed by atoms with E-state index in [2.05, 4.69) is 0 Å². The molecule has 0 heterocycles. The Morgan fingerprint density at radius 3 is 2.09 bits per heavy atom. The van der Waals surface area contributed by atoms with Crippen molar-refractivity contribution in [2.75, 3.05) is 0 Å². The zero-order chi connectivity index (χ0) is 9.07. The standard InChI is InChI=1S/C5H8F3N3/c1-2-3(9)11-4(10)5(6,7)8/h2H2,1H3,(H3,9,10,11). The van der Waals surface area contributed by atoms with E-state index in [4.69, 9.17) is 10.8 Å². The molecule has 0 aliphatic rings. The fourth-order valence-corrected chi connectivity index (χ4v) is 0.310. The van der Waals surface area contributed by atoms with Gasteiger partial charge in [0.2, 0.25) is 5.84 Å². The molecule has 0 aromatic heterocycles. The van der Waals surface area contributed by atoms with E-state index in [1.165, 1.54) is 6.92 Å². The quantitative estimate of drug-likeness (QED) is 0.402. The van der Waals surface area contributed by atoms with E-state index in [0.717, 1.165) is 0 Å². The van der Waals surface area contributed by atoms with Gasteiger partial charge in [0.15, 0.2) is 0 Å². The van der Waals surface area contributed by atoms with Crippen molar-refractivity contribution >= 4 is 11.7 Å². The minimum absolute atomic E-state index is 0.151. The molecule has 0 unspecified atom stereocenters. The van der Waals surface area contributed by atoms with E-state index >= 15 is 0 Å². The van der Waals surface area contributed by atoms with Crippen molar-refractivity contribution in [3.63, 3.8) is 0 Å². The Hall–Kier alpha value is -1.07. The molecule has 6 heteroatoms. The molecule has 0 aromatic rings. The second-order valence-corrected chi connectivity index (χ2v) is 1.83. The summed E-state index contributed by atoms with van der Waals surface area (Å²) < 4.78 is 34.7. The van der Waals surface area contributed by atoms with Crippen LogP contribution in [0.4, 0.5) is 13.2 Å². The Bertz CT molecular complexity index is 172. The first-order chi connectivity index (χ1) is 4.88. The van der Waals surface area contributed by atoms with Crippen LogP contribution in [0.15, 0.2) is 0 Å². The maximum Gasteiger partial charge on any atom is 0.448 e. The van der Waals surface area contributed by atoms with Crippen molar-refractivity contribution in [3.8, 4) is 0 Å². The molecule has 0 amide bonds. The van der Waals surface area contributed by atoms with Crippen molar-refractivity contribution in [2.24, 2.45) is 0 Å². The topological polar surface area (TPSA) is 59.7 Å². The molecule has 0 saturated carbocycles. The highest BCUT2D eigenvalue weighted by Crippen LogP contribution is 2.14. The molecule has 0 aliphatic carbocycles. The summed E-state index contributed by atoms with van der Waals surface area (Å²) in [6.45, 7) is 1.53. The minimum atomic E-state index is -4.68. The SMILES string of the molecule is CCC(=N)NC(=N)C(F)(F)F. The summed E-state index contributed by atoms with van der Waals surface area (Å²) in [6.07, 6.45) is -4.53. The van der Waals surface area contributed by atoms with Crippen LogP contribution in [-0.4, -0.2) is 17.8 Å². The summed E-state index contributed by atoms with van der Waals surface area (Å²) in [5, 5.41) is 14.8. The lowest BCUT2D eigenvalue weighted by molar-refractivity contribution is -0.0617. The van der Waals surface area contributed by atoms with Gasteiger partial charge >= 0.3 is 6.18 Å². The van der Waals surface area contributed by atoms with E-state index in [1.807, 2.05) is 0 Å². The summed E-state index contributed by atoms with van der Waals surface area (Å²) >= 11 is 0. The Labute approximate surface area is 61.6 Å². The van der Waals surface area contributed by atoms with Gasteiger partial charge in [0.25, 0.3) is 0 Å². The van der Waals surface area contributed by atoms with Gasteiger partial charge in [0.05, 0.1) is 5.84 Å². The highest BCUT2D eigenvalue weighted by molar-refractivity contribution is 6.00. The van der Waals surface area contributed by atoms with Crippen LogP contribution >= 0.6 is 0 Å². The van der Waals surface area contributed by atoms with Gasteiger partial charge in [-0.2, -0.15) is 13.2 Å². The predicted molar refractivity (Wildman–Crippen MR) is 34.9 cm³/mol. The van der Waals surface area contributed by atoms with Gasteiger partial charge in [0, 0.05) is 6.42 Å². The van der Waals surface area contributed by atoms with Crippen LogP contribution in [0.2, 0.25) is 0 Å². The average molecular weight is 167 g/mol. The summed E-state index contributed by atoms with van der Waals surface area (Å²) in [7, 11) is 0. The molecule has 0 aromatic carbocycles. The van der Waals surface area contributed by atoms with E-state index in [9.17, 15) is 13.2 Å². The first-order valence-electron chi connectivity index (χ1n) is 2.88. The third-order valence-electron chi connectivity index (χ3n) is 0.913. The van der Waals surface area contributed by atoms with E-state index < -0.39 is 12.0 Å². The van der Waals surface area contributed by atoms with Crippen LogP contribution in [0, 0.1) is 10.8 Å².